The van der Waals surface area contributed by atoms with Gasteiger partial charge in [-0.15, -0.1) is 0 Å². The summed E-state index contributed by atoms with van der Waals surface area (Å²) in [5.74, 6) is 1.64. The third kappa shape index (κ3) is 4.78. The summed E-state index contributed by atoms with van der Waals surface area (Å²) in [6.45, 7) is 3.26. The number of nitrogens with zero attached hydrogens (tertiary/aromatic N) is 5. The van der Waals surface area contributed by atoms with Crippen molar-refractivity contribution in [3.8, 4) is 11.3 Å². The van der Waals surface area contributed by atoms with Crippen LogP contribution in [0.2, 0.25) is 0 Å². The average molecular weight is 453 g/mol. The van der Waals surface area contributed by atoms with Crippen molar-refractivity contribution in [2.45, 2.75) is 39.0 Å². The number of aliphatic hydroxyl groups is 1. The van der Waals surface area contributed by atoms with Crippen LogP contribution in [0.4, 0.5) is 16.0 Å². The SMILES string of the molecule is CO.Cc1cc(C2=NCC=N2)c(F)cc1-c1cnc2c(n1)N(CC1CCCCC1)C(=O)CN2. The van der Waals surface area contributed by atoms with Crippen molar-refractivity contribution in [2.24, 2.45) is 15.9 Å². The number of aromatic nitrogens is 2. The normalized spacial score (nSPS) is 17.8. The van der Waals surface area contributed by atoms with E-state index in [0.29, 0.717) is 53.3 Å². The number of amidine groups is 1. The Kier molecular flexibility index (Phi) is 7.08. The highest BCUT2D eigenvalue weighted by Gasteiger charge is 2.30. The van der Waals surface area contributed by atoms with Crippen molar-refractivity contribution in [1.82, 2.24) is 9.97 Å². The van der Waals surface area contributed by atoms with Gasteiger partial charge < -0.3 is 10.4 Å². The van der Waals surface area contributed by atoms with E-state index in [1.54, 1.807) is 23.4 Å². The molecular weight excluding hydrogens is 423 g/mol. The Morgan fingerprint density at radius 3 is 2.70 bits per heavy atom. The van der Waals surface area contributed by atoms with Crippen LogP contribution in [0, 0.1) is 18.7 Å². The van der Waals surface area contributed by atoms with Crippen LogP contribution in [0.3, 0.4) is 0 Å². The molecule has 3 aliphatic rings. The Morgan fingerprint density at radius 1 is 1.18 bits per heavy atom. The standard InChI is InChI=1S/C23H25FN6O.CH4O/c1-14-9-17(21-25-7-8-26-21)18(24)10-16(14)19-11-27-22-23(29-19)30(20(31)12-28-22)13-15-5-3-2-4-6-15;1-2/h7,9-11,15H,2-6,8,12-13H2,1H3,(H,27,28);2H,1H3. The average Bonchev–Trinajstić information content (AvgIpc) is 3.39. The number of nitrogens with one attached hydrogen (secondary N) is 1. The Morgan fingerprint density at radius 2 is 1.97 bits per heavy atom. The van der Waals surface area contributed by atoms with Gasteiger partial charge in [0.1, 0.15) is 5.82 Å². The number of carbonyl (C=O) groups is 1. The lowest BCUT2D eigenvalue weighted by molar-refractivity contribution is -0.117. The van der Waals surface area contributed by atoms with Gasteiger partial charge in [0.05, 0.1) is 30.5 Å². The maximum atomic E-state index is 14.9. The number of hydrogen-bond acceptors (Lipinski definition) is 7. The van der Waals surface area contributed by atoms with Crippen LogP contribution in [0.5, 0.6) is 0 Å². The van der Waals surface area contributed by atoms with Crippen LogP contribution >= 0.6 is 0 Å². The second kappa shape index (κ2) is 10.2. The first-order chi connectivity index (χ1) is 16.1. The Balaban J connectivity index is 0.00000126. The number of hydrogen-bond donors (Lipinski definition) is 2. The van der Waals surface area contributed by atoms with Gasteiger partial charge in [0.15, 0.2) is 17.5 Å². The summed E-state index contributed by atoms with van der Waals surface area (Å²) in [4.78, 5) is 32.1. The fourth-order valence-corrected chi connectivity index (χ4v) is 4.59. The van der Waals surface area contributed by atoms with Crippen molar-refractivity contribution in [3.05, 3.63) is 35.3 Å². The van der Waals surface area contributed by atoms with Crippen LogP contribution < -0.4 is 10.2 Å². The van der Waals surface area contributed by atoms with E-state index in [9.17, 15) is 9.18 Å². The molecule has 1 aliphatic carbocycles. The van der Waals surface area contributed by atoms with Crippen molar-refractivity contribution in [1.29, 1.82) is 0 Å². The molecule has 1 aromatic carbocycles. The highest BCUT2D eigenvalue weighted by atomic mass is 19.1. The van der Waals surface area contributed by atoms with Crippen LogP contribution in [0.1, 0.15) is 43.2 Å². The lowest BCUT2D eigenvalue weighted by Gasteiger charge is -2.33. The fourth-order valence-electron chi connectivity index (χ4n) is 4.59. The maximum Gasteiger partial charge on any atom is 0.247 e. The minimum Gasteiger partial charge on any atom is -0.400 e. The highest BCUT2D eigenvalue weighted by Crippen LogP contribution is 2.33. The molecule has 1 amide bonds. The van der Waals surface area contributed by atoms with Gasteiger partial charge in [-0.3, -0.25) is 14.7 Å². The molecule has 0 saturated heterocycles. The lowest BCUT2D eigenvalue weighted by atomic mass is 9.89. The molecule has 1 saturated carbocycles. The summed E-state index contributed by atoms with van der Waals surface area (Å²) in [5.41, 5.74) is 2.43. The molecule has 0 bridgehead atoms. The fraction of sp³-hybridized carbons (Fsp3) is 0.458. The van der Waals surface area contributed by atoms with E-state index in [1.165, 1.54) is 25.3 Å². The van der Waals surface area contributed by atoms with Gasteiger partial charge in [-0.2, -0.15) is 0 Å². The Labute approximate surface area is 192 Å². The zero-order chi connectivity index (χ0) is 23.4. The highest BCUT2D eigenvalue weighted by molar-refractivity contribution is 6.07. The molecule has 174 valence electrons. The van der Waals surface area contributed by atoms with Gasteiger partial charge in [-0.05, 0) is 43.4 Å². The second-order valence-corrected chi connectivity index (χ2v) is 8.41. The lowest BCUT2D eigenvalue weighted by Crippen LogP contribution is -2.43. The molecule has 2 aromatic rings. The Hall–Kier alpha value is -3.20. The number of aliphatic imine (C=N–C) groups is 2. The third-order valence-electron chi connectivity index (χ3n) is 6.25. The first kappa shape index (κ1) is 23.0. The smallest absolute Gasteiger partial charge is 0.247 e. The van der Waals surface area contributed by atoms with Crippen LogP contribution in [-0.4, -0.2) is 59.8 Å². The molecule has 1 aromatic heterocycles. The molecule has 0 radical (unpaired) electrons. The molecule has 2 aliphatic heterocycles. The number of rotatable bonds is 4. The number of halogens is 1. The van der Waals surface area contributed by atoms with Gasteiger partial charge >= 0.3 is 0 Å². The number of fused-ring (bicyclic) bond motifs is 1. The summed E-state index contributed by atoms with van der Waals surface area (Å²) in [7, 11) is 1.00. The molecule has 33 heavy (non-hydrogen) atoms. The molecule has 0 unspecified atom stereocenters. The maximum absolute atomic E-state index is 14.9. The first-order valence-corrected chi connectivity index (χ1v) is 11.3. The van der Waals surface area contributed by atoms with E-state index in [1.807, 2.05) is 6.92 Å². The largest absolute Gasteiger partial charge is 0.400 e. The number of amides is 1. The predicted octanol–water partition coefficient (Wildman–Crippen LogP) is 3.37. The van der Waals surface area contributed by atoms with E-state index in [4.69, 9.17) is 10.1 Å². The molecule has 5 rings (SSSR count). The summed E-state index contributed by atoms with van der Waals surface area (Å²) < 4.78 is 14.9. The van der Waals surface area contributed by atoms with Gasteiger partial charge in [0, 0.05) is 25.4 Å². The molecule has 0 atom stereocenters. The van der Waals surface area contributed by atoms with Crippen molar-refractivity contribution < 1.29 is 14.3 Å². The van der Waals surface area contributed by atoms with Gasteiger partial charge in [-0.25, -0.2) is 19.4 Å². The van der Waals surface area contributed by atoms with Crippen molar-refractivity contribution in [2.75, 3.05) is 37.0 Å². The van der Waals surface area contributed by atoms with E-state index < -0.39 is 5.82 Å². The number of aryl methyl sites for hydroxylation is 1. The van der Waals surface area contributed by atoms with Crippen LogP contribution in [0.15, 0.2) is 28.3 Å². The number of anilines is 2. The van der Waals surface area contributed by atoms with E-state index in [2.05, 4.69) is 20.3 Å². The molecule has 0 spiro atoms. The zero-order valence-corrected chi connectivity index (χ0v) is 19.0. The summed E-state index contributed by atoms with van der Waals surface area (Å²) in [6, 6.07) is 3.21. The van der Waals surface area contributed by atoms with Crippen LogP contribution in [-0.2, 0) is 4.79 Å². The van der Waals surface area contributed by atoms with Crippen LogP contribution in [0.25, 0.3) is 11.3 Å². The van der Waals surface area contributed by atoms with Gasteiger partial charge in [-0.1, -0.05) is 19.3 Å². The third-order valence-corrected chi connectivity index (χ3v) is 6.25. The van der Waals surface area contributed by atoms with Gasteiger partial charge in [0.2, 0.25) is 5.91 Å². The summed E-state index contributed by atoms with van der Waals surface area (Å²) in [6.07, 6.45) is 9.26. The van der Waals surface area contributed by atoms with Crippen molar-refractivity contribution in [3.63, 3.8) is 0 Å². The topological polar surface area (TPSA) is 103 Å². The second-order valence-electron chi connectivity index (χ2n) is 8.41. The van der Waals surface area contributed by atoms with Gasteiger partial charge in [0.25, 0.3) is 0 Å². The zero-order valence-electron chi connectivity index (χ0n) is 19.0. The Bertz CT molecular complexity index is 1090. The van der Waals surface area contributed by atoms with E-state index in [0.717, 1.165) is 25.5 Å². The van der Waals surface area contributed by atoms with Crippen molar-refractivity contribution >= 4 is 29.6 Å². The summed E-state index contributed by atoms with van der Waals surface area (Å²) in [5, 5.41) is 10.1. The minimum atomic E-state index is -0.397. The first-order valence-electron chi connectivity index (χ1n) is 11.3. The number of aliphatic hydroxyl groups excluding tert-OH is 1. The molecule has 3 heterocycles. The summed E-state index contributed by atoms with van der Waals surface area (Å²) >= 11 is 0. The monoisotopic (exact) mass is 452 g/mol. The number of carbonyl (C=O) groups excluding carboxylic acids is 1. The quantitative estimate of drug-likeness (QED) is 0.740. The number of benzene rings is 1. The van der Waals surface area contributed by atoms with E-state index >= 15 is 0 Å². The molecular formula is C24H29FN6O2. The van der Waals surface area contributed by atoms with E-state index in [-0.39, 0.29) is 12.5 Å². The minimum absolute atomic E-state index is 0.000111. The molecule has 8 nitrogen and oxygen atoms in total. The predicted molar refractivity (Wildman–Crippen MR) is 128 cm³/mol. The molecule has 9 heteroatoms. The molecule has 2 N–H and O–H groups in total. The molecule has 1 fully saturated rings.